The normalized spacial score (nSPS) is 27.4. The Morgan fingerprint density at radius 2 is 1.55 bits per heavy atom. The van der Waals surface area contributed by atoms with E-state index in [1.807, 2.05) is 0 Å². The van der Waals surface area contributed by atoms with Crippen LogP contribution in [0.2, 0.25) is 0 Å². The predicted molar refractivity (Wildman–Crippen MR) is 134 cm³/mol. The molecule has 3 fully saturated rings. The van der Waals surface area contributed by atoms with Crippen LogP contribution in [0.25, 0.3) is 10.8 Å². The second-order valence-corrected chi connectivity index (χ2v) is 11.3. The van der Waals surface area contributed by atoms with Crippen LogP contribution in [0.5, 0.6) is 5.75 Å². The molecule has 2 saturated heterocycles. The zero-order valence-corrected chi connectivity index (χ0v) is 21.7. The standard InChI is InChI=1S/C29H31F6NO4/c30-28(31,32)19-6-8-22(9-7-19)40-24-11-5-17-12-16(4-10-23(17)26(24)29(33,34)35)13-25(37)36-20-2-1-3-21(36)15-18(14-20)27(38)39/h4-5,10-12,18-22H,1-3,6-9,13-15H2,(H,38,39)/t18?,19-,20?,21?,22+. The van der Waals surface area contributed by atoms with E-state index in [-0.39, 0.29) is 60.9 Å². The SMILES string of the molecule is O=C(O)C1CC2CCCC(C1)N2C(=O)Cc1ccc2c(C(F)(F)F)c(O[C@H]3CC[C@@H](C(F)(F)F)CC3)ccc2c1. The van der Waals surface area contributed by atoms with E-state index in [1.54, 1.807) is 11.0 Å². The van der Waals surface area contributed by atoms with Gasteiger partial charge in [0.25, 0.3) is 0 Å². The van der Waals surface area contributed by atoms with Crippen LogP contribution in [-0.4, -0.2) is 46.2 Å². The molecule has 40 heavy (non-hydrogen) atoms. The van der Waals surface area contributed by atoms with Crippen molar-refractivity contribution in [1.82, 2.24) is 4.90 Å². The van der Waals surface area contributed by atoms with Crippen molar-refractivity contribution in [2.75, 3.05) is 0 Å². The minimum Gasteiger partial charge on any atom is -0.490 e. The molecule has 2 heterocycles. The number of piperidine rings is 2. The Balaban J connectivity index is 1.34. The summed E-state index contributed by atoms with van der Waals surface area (Å²) in [6.07, 6.45) is -6.95. The number of carbonyl (C=O) groups is 2. The van der Waals surface area contributed by atoms with Gasteiger partial charge in [-0.25, -0.2) is 0 Å². The van der Waals surface area contributed by atoms with Gasteiger partial charge in [-0.15, -0.1) is 0 Å². The average Bonchev–Trinajstić information content (AvgIpc) is 2.86. The highest BCUT2D eigenvalue weighted by atomic mass is 19.4. The monoisotopic (exact) mass is 571 g/mol. The maximum Gasteiger partial charge on any atom is 0.420 e. The number of alkyl halides is 6. The molecule has 5 rings (SSSR count). The number of amides is 1. The van der Waals surface area contributed by atoms with Crippen LogP contribution in [0.15, 0.2) is 30.3 Å². The Labute approximate surface area is 227 Å². The van der Waals surface area contributed by atoms with Crippen molar-refractivity contribution in [3.8, 4) is 5.75 Å². The van der Waals surface area contributed by atoms with Gasteiger partial charge in [-0.2, -0.15) is 26.3 Å². The number of rotatable bonds is 5. The quantitative estimate of drug-likeness (QED) is 0.388. The zero-order chi connectivity index (χ0) is 28.8. The topological polar surface area (TPSA) is 66.8 Å². The van der Waals surface area contributed by atoms with Crippen molar-refractivity contribution in [3.63, 3.8) is 0 Å². The molecule has 11 heteroatoms. The summed E-state index contributed by atoms with van der Waals surface area (Å²) in [6, 6.07) is 6.71. The van der Waals surface area contributed by atoms with Crippen molar-refractivity contribution >= 4 is 22.6 Å². The van der Waals surface area contributed by atoms with Crippen molar-refractivity contribution in [2.24, 2.45) is 11.8 Å². The third-order valence-corrected chi connectivity index (χ3v) is 8.73. The zero-order valence-electron chi connectivity index (χ0n) is 21.7. The van der Waals surface area contributed by atoms with Gasteiger partial charge in [0.2, 0.25) is 5.91 Å². The molecule has 0 spiro atoms. The summed E-state index contributed by atoms with van der Waals surface area (Å²) < 4.78 is 87.1. The first-order chi connectivity index (χ1) is 18.8. The number of carboxylic acids is 1. The summed E-state index contributed by atoms with van der Waals surface area (Å²) in [4.78, 5) is 26.6. The molecule has 3 aliphatic rings. The minimum absolute atomic E-state index is 0.0112. The third-order valence-electron chi connectivity index (χ3n) is 8.73. The van der Waals surface area contributed by atoms with Crippen LogP contribution in [-0.2, 0) is 22.2 Å². The molecule has 2 atom stereocenters. The predicted octanol–water partition coefficient (Wildman–Crippen LogP) is 7.15. The van der Waals surface area contributed by atoms with Gasteiger partial charge >= 0.3 is 18.3 Å². The van der Waals surface area contributed by atoms with Crippen LogP contribution >= 0.6 is 0 Å². The van der Waals surface area contributed by atoms with Crippen molar-refractivity contribution in [3.05, 3.63) is 41.5 Å². The summed E-state index contributed by atoms with van der Waals surface area (Å²) >= 11 is 0. The number of hydrogen-bond donors (Lipinski definition) is 1. The smallest absolute Gasteiger partial charge is 0.420 e. The average molecular weight is 572 g/mol. The van der Waals surface area contributed by atoms with Crippen LogP contribution in [0.3, 0.4) is 0 Å². The Kier molecular flexibility index (Phi) is 7.69. The van der Waals surface area contributed by atoms with E-state index in [0.29, 0.717) is 18.4 Å². The fraction of sp³-hybridized carbons (Fsp3) is 0.586. The Hall–Kier alpha value is -2.98. The lowest BCUT2D eigenvalue weighted by Gasteiger charge is -2.48. The fourth-order valence-electron chi connectivity index (χ4n) is 6.80. The lowest BCUT2D eigenvalue weighted by molar-refractivity contribution is -0.185. The molecule has 2 bridgehead atoms. The number of ether oxygens (including phenoxy) is 1. The van der Waals surface area contributed by atoms with E-state index >= 15 is 0 Å². The molecule has 218 valence electrons. The first-order valence-corrected chi connectivity index (χ1v) is 13.7. The maximum atomic E-state index is 14.2. The molecule has 5 nitrogen and oxygen atoms in total. The molecule has 2 aromatic rings. The number of nitrogens with zero attached hydrogens (tertiary/aromatic N) is 1. The van der Waals surface area contributed by atoms with E-state index in [2.05, 4.69) is 0 Å². The highest BCUT2D eigenvalue weighted by Gasteiger charge is 2.44. The molecule has 1 amide bonds. The highest BCUT2D eigenvalue weighted by molar-refractivity contribution is 5.90. The van der Waals surface area contributed by atoms with Gasteiger partial charge < -0.3 is 14.7 Å². The van der Waals surface area contributed by atoms with Gasteiger partial charge in [0.05, 0.1) is 24.4 Å². The summed E-state index contributed by atoms with van der Waals surface area (Å²) in [6.45, 7) is 0. The van der Waals surface area contributed by atoms with Crippen LogP contribution < -0.4 is 4.74 Å². The molecule has 1 N–H and O–H groups in total. The molecule has 2 unspecified atom stereocenters. The fourth-order valence-corrected chi connectivity index (χ4v) is 6.80. The summed E-state index contributed by atoms with van der Waals surface area (Å²) in [5, 5.41) is 9.62. The van der Waals surface area contributed by atoms with Crippen LogP contribution in [0, 0.1) is 11.8 Å². The number of aliphatic carboxylic acids is 1. The van der Waals surface area contributed by atoms with Crippen molar-refractivity contribution in [2.45, 2.75) is 94.7 Å². The molecule has 0 radical (unpaired) electrons. The van der Waals surface area contributed by atoms with Crippen LogP contribution in [0.4, 0.5) is 26.3 Å². The van der Waals surface area contributed by atoms with Gasteiger partial charge in [-0.05, 0) is 80.2 Å². The van der Waals surface area contributed by atoms with E-state index in [0.717, 1.165) is 19.3 Å². The van der Waals surface area contributed by atoms with Crippen LogP contribution in [0.1, 0.15) is 68.9 Å². The summed E-state index contributed by atoms with van der Waals surface area (Å²) in [7, 11) is 0. The van der Waals surface area contributed by atoms with Gasteiger partial charge in [0, 0.05) is 12.1 Å². The molecular weight excluding hydrogens is 540 g/mol. The summed E-state index contributed by atoms with van der Waals surface area (Å²) in [5.74, 6) is -3.36. The van der Waals surface area contributed by atoms with Crippen molar-refractivity contribution < 1.29 is 45.8 Å². The summed E-state index contributed by atoms with van der Waals surface area (Å²) in [5.41, 5.74) is -0.436. The van der Waals surface area contributed by atoms with Gasteiger partial charge in [-0.3, -0.25) is 9.59 Å². The molecule has 1 aliphatic carbocycles. The van der Waals surface area contributed by atoms with E-state index in [9.17, 15) is 41.0 Å². The second kappa shape index (κ2) is 10.8. The number of benzene rings is 2. The maximum absolute atomic E-state index is 14.2. The second-order valence-electron chi connectivity index (χ2n) is 11.3. The van der Waals surface area contributed by atoms with Crippen molar-refractivity contribution in [1.29, 1.82) is 0 Å². The number of hydrogen-bond acceptors (Lipinski definition) is 3. The molecule has 2 aliphatic heterocycles. The van der Waals surface area contributed by atoms with Gasteiger partial charge in [-0.1, -0.05) is 24.3 Å². The van der Waals surface area contributed by atoms with E-state index in [4.69, 9.17) is 4.74 Å². The van der Waals surface area contributed by atoms with E-state index in [1.165, 1.54) is 24.3 Å². The lowest BCUT2D eigenvalue weighted by Crippen LogP contribution is -2.56. The Bertz CT molecular complexity index is 1250. The number of carboxylic acid groups (broad SMARTS) is 1. The Morgan fingerprint density at radius 1 is 0.900 bits per heavy atom. The molecule has 2 aromatic carbocycles. The molecule has 1 saturated carbocycles. The molecular formula is C29H31F6NO4. The Morgan fingerprint density at radius 3 is 2.12 bits per heavy atom. The van der Waals surface area contributed by atoms with E-state index < -0.39 is 47.6 Å². The minimum atomic E-state index is -4.76. The van der Waals surface area contributed by atoms with Gasteiger partial charge in [0.1, 0.15) is 11.3 Å². The first-order valence-electron chi connectivity index (χ1n) is 13.7. The first kappa shape index (κ1) is 28.5. The lowest BCUT2D eigenvalue weighted by atomic mass is 9.78. The number of carbonyl (C=O) groups excluding carboxylic acids is 1. The number of fused-ring (bicyclic) bond motifs is 3. The van der Waals surface area contributed by atoms with Gasteiger partial charge in [0.15, 0.2) is 0 Å². The highest BCUT2D eigenvalue weighted by Crippen LogP contribution is 2.44. The number of halogens is 6. The largest absolute Gasteiger partial charge is 0.490 e. The molecule has 0 aromatic heterocycles. The third kappa shape index (κ3) is 5.88.